The molecule has 0 spiro atoms. The fourth-order valence-corrected chi connectivity index (χ4v) is 2.53. The van der Waals surface area contributed by atoms with E-state index in [-0.39, 0.29) is 11.9 Å². The lowest BCUT2D eigenvalue weighted by Gasteiger charge is -2.27. The molecule has 110 valence electrons. The molecule has 1 aromatic rings. The lowest BCUT2D eigenvalue weighted by molar-refractivity contribution is 0.0601. The Morgan fingerprint density at radius 3 is 2.75 bits per heavy atom. The first-order chi connectivity index (χ1) is 9.69. The molecule has 5 nitrogen and oxygen atoms in total. The van der Waals surface area contributed by atoms with Crippen LogP contribution in [0.15, 0.2) is 35.5 Å². The molecule has 0 aliphatic carbocycles. The maximum absolute atomic E-state index is 8.66. The maximum atomic E-state index is 8.66. The van der Waals surface area contributed by atoms with E-state index >= 15 is 0 Å². The van der Waals surface area contributed by atoms with Crippen molar-refractivity contribution >= 4 is 11.5 Å². The molecule has 0 bridgehead atoms. The van der Waals surface area contributed by atoms with Gasteiger partial charge in [0.15, 0.2) is 0 Å². The van der Waals surface area contributed by atoms with E-state index in [1.165, 1.54) is 0 Å². The number of anilines is 1. The Labute approximate surface area is 120 Å². The molecule has 1 fully saturated rings. The summed E-state index contributed by atoms with van der Waals surface area (Å²) in [4.78, 5) is 2.24. The van der Waals surface area contributed by atoms with Gasteiger partial charge in [-0.3, -0.25) is 0 Å². The molecular weight excluding hydrogens is 254 g/mol. The summed E-state index contributed by atoms with van der Waals surface area (Å²) in [5.74, 6) is 0.256. The first-order valence-electron chi connectivity index (χ1n) is 7.11. The van der Waals surface area contributed by atoms with Gasteiger partial charge in [0.1, 0.15) is 5.84 Å². The monoisotopic (exact) mass is 277 g/mol. The van der Waals surface area contributed by atoms with Crippen LogP contribution in [0.25, 0.3) is 0 Å². The summed E-state index contributed by atoms with van der Waals surface area (Å²) in [7, 11) is 0. The molecule has 5 heteroatoms. The highest BCUT2D eigenvalue weighted by molar-refractivity contribution is 5.80. The molecule has 1 saturated heterocycles. The number of hydrogen-bond donors (Lipinski definition) is 2. The van der Waals surface area contributed by atoms with Gasteiger partial charge < -0.3 is 20.6 Å². The Balaban J connectivity index is 2.00. The number of benzene rings is 1. The Bertz CT molecular complexity index is 436. The van der Waals surface area contributed by atoms with Gasteiger partial charge in [-0.1, -0.05) is 23.4 Å². The summed E-state index contributed by atoms with van der Waals surface area (Å²) < 4.78 is 5.89. The molecule has 0 saturated carbocycles. The van der Waals surface area contributed by atoms with Crippen molar-refractivity contribution in [2.75, 3.05) is 18.0 Å². The lowest BCUT2D eigenvalue weighted by atomic mass is 10.2. The highest BCUT2D eigenvalue weighted by Gasteiger charge is 2.24. The smallest absolute Gasteiger partial charge is 0.140 e. The van der Waals surface area contributed by atoms with Crippen molar-refractivity contribution in [3.63, 3.8) is 0 Å². The van der Waals surface area contributed by atoms with Crippen LogP contribution in [0.1, 0.15) is 26.2 Å². The van der Waals surface area contributed by atoms with E-state index in [0.29, 0.717) is 19.1 Å². The van der Waals surface area contributed by atoms with Gasteiger partial charge in [0.05, 0.1) is 12.2 Å². The van der Waals surface area contributed by atoms with E-state index in [9.17, 15) is 0 Å². The Morgan fingerprint density at radius 1 is 1.40 bits per heavy atom. The number of ether oxygens (including phenoxy) is 1. The first-order valence-corrected chi connectivity index (χ1v) is 7.11. The van der Waals surface area contributed by atoms with Crippen molar-refractivity contribution in [3.05, 3.63) is 30.3 Å². The molecular formula is C15H23N3O2. The fraction of sp³-hybridized carbons (Fsp3) is 0.533. The second-order valence-corrected chi connectivity index (χ2v) is 5.27. The summed E-state index contributed by atoms with van der Waals surface area (Å²) in [6.07, 6.45) is 3.36. The van der Waals surface area contributed by atoms with Gasteiger partial charge >= 0.3 is 0 Å². The minimum Gasteiger partial charge on any atom is -0.409 e. The number of para-hydroxylation sites is 1. The average molecular weight is 277 g/mol. The van der Waals surface area contributed by atoms with E-state index in [1.54, 1.807) is 0 Å². The lowest BCUT2D eigenvalue weighted by Crippen LogP contribution is -2.35. The molecule has 1 aliphatic heterocycles. The van der Waals surface area contributed by atoms with Crippen LogP contribution in [0.5, 0.6) is 0 Å². The number of rotatable bonds is 6. The zero-order chi connectivity index (χ0) is 14.4. The topological polar surface area (TPSA) is 71.1 Å². The van der Waals surface area contributed by atoms with Crippen molar-refractivity contribution < 1.29 is 9.94 Å². The Kier molecular flexibility index (Phi) is 5.24. The Hall–Kier alpha value is -1.75. The molecule has 3 N–H and O–H groups in total. The third-order valence-corrected chi connectivity index (χ3v) is 3.63. The van der Waals surface area contributed by atoms with Crippen LogP contribution in [0.3, 0.4) is 0 Å². The van der Waals surface area contributed by atoms with E-state index < -0.39 is 0 Å². The van der Waals surface area contributed by atoms with Gasteiger partial charge in [0.25, 0.3) is 0 Å². The average Bonchev–Trinajstić information content (AvgIpc) is 2.89. The summed E-state index contributed by atoms with van der Waals surface area (Å²) >= 11 is 0. The zero-order valence-corrected chi connectivity index (χ0v) is 11.9. The van der Waals surface area contributed by atoms with Crippen LogP contribution in [0, 0.1) is 0 Å². The minimum absolute atomic E-state index is 0.256. The number of amidine groups is 1. The van der Waals surface area contributed by atoms with Gasteiger partial charge in [-0.05, 0) is 31.9 Å². The van der Waals surface area contributed by atoms with Crippen LogP contribution in [0.4, 0.5) is 5.69 Å². The fourth-order valence-electron chi connectivity index (χ4n) is 2.53. The van der Waals surface area contributed by atoms with Crippen molar-refractivity contribution in [1.82, 2.24) is 0 Å². The largest absolute Gasteiger partial charge is 0.409 e. The number of nitrogens with zero attached hydrogens (tertiary/aromatic N) is 2. The highest BCUT2D eigenvalue weighted by atomic mass is 16.5. The Morgan fingerprint density at radius 2 is 2.15 bits per heavy atom. The summed E-state index contributed by atoms with van der Waals surface area (Å²) in [5, 5.41) is 11.7. The highest BCUT2D eigenvalue weighted by Crippen LogP contribution is 2.22. The second kappa shape index (κ2) is 7.14. The van der Waals surface area contributed by atoms with Crippen LogP contribution in [-0.4, -0.2) is 36.3 Å². The molecule has 0 radical (unpaired) electrons. The van der Waals surface area contributed by atoms with Crippen LogP contribution in [0.2, 0.25) is 0 Å². The molecule has 0 aromatic heterocycles. The third kappa shape index (κ3) is 4.13. The molecule has 2 atom stereocenters. The SMILES string of the molecule is CC1CCC(CN(CC/C(N)=N/O)c2ccccc2)O1. The predicted octanol–water partition coefficient (Wildman–Crippen LogP) is 2.20. The molecule has 2 unspecified atom stereocenters. The predicted molar refractivity (Wildman–Crippen MR) is 80.2 cm³/mol. The number of oxime groups is 1. The molecule has 0 amide bonds. The third-order valence-electron chi connectivity index (χ3n) is 3.63. The van der Waals surface area contributed by atoms with E-state index in [0.717, 1.165) is 25.1 Å². The van der Waals surface area contributed by atoms with Gasteiger partial charge in [-0.15, -0.1) is 0 Å². The van der Waals surface area contributed by atoms with Crippen LogP contribution < -0.4 is 10.6 Å². The van der Waals surface area contributed by atoms with Gasteiger partial charge in [0, 0.05) is 25.2 Å². The number of nitrogens with two attached hydrogens (primary N) is 1. The van der Waals surface area contributed by atoms with Gasteiger partial charge in [0.2, 0.25) is 0 Å². The minimum atomic E-state index is 0.256. The second-order valence-electron chi connectivity index (χ2n) is 5.27. The summed E-state index contributed by atoms with van der Waals surface area (Å²) in [5.41, 5.74) is 6.71. The normalized spacial score (nSPS) is 22.9. The van der Waals surface area contributed by atoms with E-state index in [4.69, 9.17) is 15.7 Å². The van der Waals surface area contributed by atoms with Gasteiger partial charge in [-0.25, -0.2) is 0 Å². The molecule has 2 rings (SSSR count). The van der Waals surface area contributed by atoms with Gasteiger partial charge in [-0.2, -0.15) is 0 Å². The van der Waals surface area contributed by atoms with Crippen molar-refractivity contribution in [3.8, 4) is 0 Å². The summed E-state index contributed by atoms with van der Waals surface area (Å²) in [6.45, 7) is 3.67. The molecule has 1 heterocycles. The number of hydrogen-bond acceptors (Lipinski definition) is 4. The van der Waals surface area contributed by atoms with Crippen molar-refractivity contribution in [1.29, 1.82) is 0 Å². The van der Waals surface area contributed by atoms with E-state index in [1.807, 2.05) is 18.2 Å². The van der Waals surface area contributed by atoms with E-state index in [2.05, 4.69) is 29.1 Å². The maximum Gasteiger partial charge on any atom is 0.140 e. The molecule has 1 aliphatic rings. The molecule has 20 heavy (non-hydrogen) atoms. The van der Waals surface area contributed by atoms with Crippen molar-refractivity contribution in [2.45, 2.75) is 38.4 Å². The van der Waals surface area contributed by atoms with Crippen LogP contribution >= 0.6 is 0 Å². The quantitative estimate of drug-likeness (QED) is 0.362. The van der Waals surface area contributed by atoms with Crippen LogP contribution in [-0.2, 0) is 4.74 Å². The van der Waals surface area contributed by atoms with Crippen molar-refractivity contribution in [2.24, 2.45) is 10.9 Å². The molecule has 1 aromatic carbocycles. The standard InChI is InChI=1S/C15H23N3O2/c1-12-7-8-14(20-12)11-18(10-9-15(16)17-19)13-5-3-2-4-6-13/h2-6,12,14,19H,7-11H2,1H3,(H2,16,17). The first kappa shape index (κ1) is 14.7. The zero-order valence-electron chi connectivity index (χ0n) is 11.9. The summed E-state index contributed by atoms with van der Waals surface area (Å²) in [6, 6.07) is 10.2.